The summed E-state index contributed by atoms with van der Waals surface area (Å²) < 4.78 is 40.8. The average Bonchev–Trinajstić information content (AvgIpc) is 2.36. The van der Waals surface area contributed by atoms with Crippen molar-refractivity contribution in [2.45, 2.75) is 45.7 Å². The van der Waals surface area contributed by atoms with Gasteiger partial charge in [0, 0.05) is 6.42 Å². The number of ether oxygens (including phenoxy) is 1. The first-order valence-corrected chi connectivity index (χ1v) is 6.32. The van der Waals surface area contributed by atoms with Crippen LogP contribution in [0.5, 0.6) is 5.75 Å². The monoisotopic (exact) mass is 262 g/mol. The highest BCUT2D eigenvalue weighted by Gasteiger charge is 2.25. The van der Waals surface area contributed by atoms with Gasteiger partial charge in [-0.15, -0.1) is 0 Å². The number of hydrogen-bond acceptors (Lipinski definition) is 1. The third-order valence-electron chi connectivity index (χ3n) is 2.12. The fourth-order valence-corrected chi connectivity index (χ4v) is 1.31. The molecular weight excluding hydrogens is 241 g/mol. The van der Waals surface area contributed by atoms with E-state index in [0.29, 0.717) is 19.4 Å². The minimum absolute atomic E-state index is 0.182. The summed E-state index contributed by atoms with van der Waals surface area (Å²) in [6, 6.07) is 9.26. The van der Waals surface area contributed by atoms with Gasteiger partial charge in [-0.2, -0.15) is 13.2 Å². The molecule has 0 unspecified atom stereocenters. The molecule has 4 heteroatoms. The number of hydrogen-bond donors (Lipinski definition) is 0. The molecule has 0 bridgehead atoms. The van der Waals surface area contributed by atoms with Gasteiger partial charge in [0.2, 0.25) is 0 Å². The smallest absolute Gasteiger partial charge is 0.389 e. The molecule has 0 aliphatic carbocycles. The summed E-state index contributed by atoms with van der Waals surface area (Å²) in [5.74, 6) is 0.762. The second kappa shape index (κ2) is 9.80. The molecule has 0 heterocycles. The van der Waals surface area contributed by atoms with Crippen LogP contribution in [0.4, 0.5) is 13.2 Å². The summed E-state index contributed by atoms with van der Waals surface area (Å²) in [6.45, 7) is 4.47. The Bertz CT molecular complexity index is 283. The van der Waals surface area contributed by atoms with E-state index in [1.165, 1.54) is 0 Å². The van der Waals surface area contributed by atoms with Crippen LogP contribution in [0.1, 0.15) is 39.5 Å². The number of unbranched alkanes of at least 4 members (excludes halogenated alkanes) is 2. The average molecular weight is 262 g/mol. The van der Waals surface area contributed by atoms with Crippen LogP contribution >= 0.6 is 0 Å². The molecule has 0 radical (unpaired) electrons. The molecule has 0 fully saturated rings. The zero-order valence-corrected chi connectivity index (χ0v) is 11.0. The van der Waals surface area contributed by atoms with Gasteiger partial charge in [0.15, 0.2) is 0 Å². The minimum atomic E-state index is -4.03. The van der Waals surface area contributed by atoms with Gasteiger partial charge in [-0.1, -0.05) is 32.0 Å². The lowest BCUT2D eigenvalue weighted by molar-refractivity contribution is -0.135. The minimum Gasteiger partial charge on any atom is -0.494 e. The van der Waals surface area contributed by atoms with E-state index in [4.69, 9.17) is 4.74 Å². The SMILES string of the molecule is CC.FC(F)(F)CCCCCOc1ccccc1. The maximum absolute atomic E-state index is 11.8. The second-order valence-electron chi connectivity index (χ2n) is 3.59. The van der Waals surface area contributed by atoms with Gasteiger partial charge in [0.05, 0.1) is 6.61 Å². The summed E-state index contributed by atoms with van der Waals surface area (Å²) >= 11 is 0. The molecule has 0 saturated carbocycles. The van der Waals surface area contributed by atoms with Gasteiger partial charge < -0.3 is 4.74 Å². The topological polar surface area (TPSA) is 9.23 Å². The largest absolute Gasteiger partial charge is 0.494 e. The van der Waals surface area contributed by atoms with E-state index in [0.717, 1.165) is 5.75 Å². The summed E-state index contributed by atoms with van der Waals surface area (Å²) in [5.41, 5.74) is 0. The predicted molar refractivity (Wildman–Crippen MR) is 67.8 cm³/mol. The molecule has 0 atom stereocenters. The van der Waals surface area contributed by atoms with Crippen LogP contribution in [0.3, 0.4) is 0 Å². The van der Waals surface area contributed by atoms with Gasteiger partial charge in [0.1, 0.15) is 5.75 Å². The fourth-order valence-electron chi connectivity index (χ4n) is 1.31. The molecule has 0 spiro atoms. The number of halogens is 3. The standard InChI is InChI=1S/C12H15F3O.C2H6/c13-12(14,15)9-5-2-6-10-16-11-7-3-1-4-8-11;1-2/h1,3-4,7-8H,2,5-6,9-10H2;1-2H3. The predicted octanol–water partition coefficient (Wildman–Crippen LogP) is 5.21. The molecular formula is C14H21F3O. The van der Waals surface area contributed by atoms with Crippen LogP contribution < -0.4 is 4.74 Å². The van der Waals surface area contributed by atoms with Crippen molar-refractivity contribution in [1.29, 1.82) is 0 Å². The fraction of sp³-hybridized carbons (Fsp3) is 0.571. The second-order valence-corrected chi connectivity index (χ2v) is 3.59. The number of para-hydroxylation sites is 1. The number of benzene rings is 1. The van der Waals surface area contributed by atoms with Crippen LogP contribution in [0.25, 0.3) is 0 Å². The molecule has 0 saturated heterocycles. The van der Waals surface area contributed by atoms with E-state index >= 15 is 0 Å². The van der Waals surface area contributed by atoms with Gasteiger partial charge in [-0.25, -0.2) is 0 Å². The molecule has 18 heavy (non-hydrogen) atoms. The summed E-state index contributed by atoms with van der Waals surface area (Å²) in [7, 11) is 0. The molecule has 0 aliphatic rings. The summed E-state index contributed by atoms with van der Waals surface area (Å²) in [4.78, 5) is 0. The Morgan fingerprint density at radius 1 is 0.944 bits per heavy atom. The van der Waals surface area contributed by atoms with Gasteiger partial charge in [0.25, 0.3) is 0 Å². The van der Waals surface area contributed by atoms with Crippen molar-refractivity contribution in [2.75, 3.05) is 6.61 Å². The first-order valence-electron chi connectivity index (χ1n) is 6.32. The van der Waals surface area contributed by atoms with Crippen molar-refractivity contribution >= 4 is 0 Å². The van der Waals surface area contributed by atoms with Crippen LogP contribution in [0, 0.1) is 0 Å². The van der Waals surface area contributed by atoms with Crippen molar-refractivity contribution in [3.05, 3.63) is 30.3 Å². The van der Waals surface area contributed by atoms with Crippen LogP contribution in [-0.4, -0.2) is 12.8 Å². The van der Waals surface area contributed by atoms with E-state index < -0.39 is 12.6 Å². The van der Waals surface area contributed by atoms with Gasteiger partial charge in [-0.05, 0) is 31.4 Å². The highest BCUT2D eigenvalue weighted by Crippen LogP contribution is 2.22. The first kappa shape index (κ1) is 16.8. The first-order chi connectivity index (χ1) is 8.58. The lowest BCUT2D eigenvalue weighted by Gasteiger charge is -2.07. The Morgan fingerprint density at radius 3 is 2.11 bits per heavy atom. The number of rotatable bonds is 6. The van der Waals surface area contributed by atoms with Crippen LogP contribution in [0.2, 0.25) is 0 Å². The Hall–Kier alpha value is -1.19. The van der Waals surface area contributed by atoms with Crippen molar-refractivity contribution in [3.63, 3.8) is 0 Å². The lowest BCUT2D eigenvalue weighted by atomic mass is 10.2. The maximum Gasteiger partial charge on any atom is 0.389 e. The molecule has 1 rings (SSSR count). The highest BCUT2D eigenvalue weighted by molar-refractivity contribution is 5.20. The van der Waals surface area contributed by atoms with E-state index in [1.54, 1.807) is 0 Å². The highest BCUT2D eigenvalue weighted by atomic mass is 19.4. The van der Waals surface area contributed by atoms with E-state index in [1.807, 2.05) is 44.2 Å². The molecule has 1 aromatic carbocycles. The Labute approximate surface area is 107 Å². The van der Waals surface area contributed by atoms with Crippen LogP contribution in [0.15, 0.2) is 30.3 Å². The third kappa shape index (κ3) is 10.00. The molecule has 0 aromatic heterocycles. The maximum atomic E-state index is 11.8. The number of alkyl halides is 3. The molecule has 1 nitrogen and oxygen atoms in total. The normalized spacial score (nSPS) is 10.5. The Morgan fingerprint density at radius 2 is 1.56 bits per heavy atom. The zero-order valence-electron chi connectivity index (χ0n) is 11.0. The molecule has 0 N–H and O–H groups in total. The molecule has 1 aromatic rings. The summed E-state index contributed by atoms with van der Waals surface area (Å²) in [5, 5.41) is 0. The Balaban J connectivity index is 0.00000137. The van der Waals surface area contributed by atoms with Crippen LogP contribution in [-0.2, 0) is 0 Å². The van der Waals surface area contributed by atoms with Gasteiger partial charge in [-0.3, -0.25) is 0 Å². The van der Waals surface area contributed by atoms with Crippen molar-refractivity contribution < 1.29 is 17.9 Å². The van der Waals surface area contributed by atoms with E-state index in [9.17, 15) is 13.2 Å². The Kier molecular flexibility index (Phi) is 9.15. The third-order valence-corrected chi connectivity index (χ3v) is 2.12. The summed E-state index contributed by atoms with van der Waals surface area (Å²) in [6.07, 6.45) is -3.34. The van der Waals surface area contributed by atoms with Crippen molar-refractivity contribution in [1.82, 2.24) is 0 Å². The molecule has 104 valence electrons. The van der Waals surface area contributed by atoms with E-state index in [-0.39, 0.29) is 6.42 Å². The van der Waals surface area contributed by atoms with Crippen molar-refractivity contribution in [3.8, 4) is 5.75 Å². The van der Waals surface area contributed by atoms with Gasteiger partial charge >= 0.3 is 6.18 Å². The molecule has 0 aliphatic heterocycles. The zero-order chi connectivity index (χ0) is 13.9. The lowest BCUT2D eigenvalue weighted by Crippen LogP contribution is -2.06. The molecule has 0 amide bonds. The quantitative estimate of drug-likeness (QED) is 0.639. The van der Waals surface area contributed by atoms with E-state index in [2.05, 4.69) is 0 Å². The van der Waals surface area contributed by atoms with Crippen molar-refractivity contribution in [2.24, 2.45) is 0 Å².